The van der Waals surface area contributed by atoms with Gasteiger partial charge < -0.3 is 14.7 Å². The Morgan fingerprint density at radius 3 is 2.63 bits per heavy atom. The third-order valence-electron chi connectivity index (χ3n) is 5.95. The Bertz CT molecular complexity index is 1140. The molecule has 1 aliphatic rings. The van der Waals surface area contributed by atoms with Gasteiger partial charge in [0.05, 0.1) is 25.0 Å². The molecule has 3 aromatic rings. The van der Waals surface area contributed by atoms with Crippen LogP contribution in [0.3, 0.4) is 0 Å². The van der Waals surface area contributed by atoms with Gasteiger partial charge in [-0.05, 0) is 24.1 Å². The van der Waals surface area contributed by atoms with Crippen LogP contribution in [0.5, 0.6) is 0 Å². The van der Waals surface area contributed by atoms with Gasteiger partial charge in [-0.25, -0.2) is 8.78 Å². The number of halogens is 2. The molecule has 0 unspecified atom stereocenters. The van der Waals surface area contributed by atoms with Crippen molar-refractivity contribution in [1.29, 1.82) is 0 Å². The van der Waals surface area contributed by atoms with E-state index in [1.54, 1.807) is 0 Å². The molecule has 2 atom stereocenters. The quantitative estimate of drug-likeness (QED) is 0.427. The van der Waals surface area contributed by atoms with Crippen molar-refractivity contribution < 1.29 is 23.5 Å². The molecular formula is C28H30F2N2O3. The molecule has 0 saturated carbocycles. The highest BCUT2D eigenvalue weighted by Gasteiger charge is 2.27. The van der Waals surface area contributed by atoms with E-state index in [4.69, 9.17) is 9.57 Å². The highest BCUT2D eigenvalue weighted by Crippen LogP contribution is 2.21. The summed E-state index contributed by atoms with van der Waals surface area (Å²) in [6.07, 6.45) is -0.431. The van der Waals surface area contributed by atoms with E-state index in [2.05, 4.69) is 5.16 Å². The molecule has 35 heavy (non-hydrogen) atoms. The van der Waals surface area contributed by atoms with Crippen LogP contribution in [0.2, 0.25) is 0 Å². The van der Waals surface area contributed by atoms with Crippen LogP contribution < -0.4 is 0 Å². The van der Waals surface area contributed by atoms with Crippen LogP contribution in [0.25, 0.3) is 0 Å². The molecule has 4 rings (SSSR count). The fourth-order valence-electron chi connectivity index (χ4n) is 4.20. The first kappa shape index (κ1) is 25.0. The first-order valence-corrected chi connectivity index (χ1v) is 11.7. The molecule has 0 radical (unpaired) electrons. The standard InChI is InChI=1S/C28H30F2N2O3/c1-20-7-5-6-10-26(20)28-14-25(35-31-28)17-32(15-22-11-12-23(29)13-27(22)30)16-24(33)19-34-18-21-8-3-2-4-9-21/h2-13,24-25,33H,14-19H2,1H3/t24-,25+/m1/s1. The van der Waals surface area contributed by atoms with Crippen LogP contribution >= 0.6 is 0 Å². The van der Waals surface area contributed by atoms with Crippen molar-refractivity contribution >= 4 is 5.71 Å². The van der Waals surface area contributed by atoms with Crippen molar-refractivity contribution in [2.45, 2.75) is 38.7 Å². The summed E-state index contributed by atoms with van der Waals surface area (Å²) in [6, 6.07) is 21.2. The van der Waals surface area contributed by atoms with Gasteiger partial charge in [0.25, 0.3) is 0 Å². The third-order valence-corrected chi connectivity index (χ3v) is 5.95. The lowest BCUT2D eigenvalue weighted by atomic mass is 10.00. The zero-order valence-electron chi connectivity index (χ0n) is 19.7. The second kappa shape index (κ2) is 12.0. The second-order valence-corrected chi connectivity index (χ2v) is 8.87. The molecule has 3 aromatic carbocycles. The number of oxime groups is 1. The van der Waals surface area contributed by atoms with Gasteiger partial charge in [-0.3, -0.25) is 4.90 Å². The summed E-state index contributed by atoms with van der Waals surface area (Å²) in [5.41, 5.74) is 4.40. The average Bonchev–Trinajstić information content (AvgIpc) is 3.30. The van der Waals surface area contributed by atoms with E-state index < -0.39 is 17.7 Å². The number of hydrogen-bond acceptors (Lipinski definition) is 5. The van der Waals surface area contributed by atoms with Crippen molar-refractivity contribution in [3.8, 4) is 0 Å². The number of nitrogens with zero attached hydrogens (tertiary/aromatic N) is 2. The Kier molecular flexibility index (Phi) is 8.58. The van der Waals surface area contributed by atoms with E-state index in [9.17, 15) is 13.9 Å². The lowest BCUT2D eigenvalue weighted by Gasteiger charge is -2.27. The molecule has 0 aliphatic carbocycles. The number of benzene rings is 3. The highest BCUT2D eigenvalue weighted by molar-refractivity contribution is 6.02. The third kappa shape index (κ3) is 7.18. The monoisotopic (exact) mass is 480 g/mol. The molecule has 1 heterocycles. The molecule has 0 aromatic heterocycles. The molecule has 0 amide bonds. The van der Waals surface area contributed by atoms with E-state index in [-0.39, 0.29) is 25.8 Å². The molecular weight excluding hydrogens is 450 g/mol. The maximum absolute atomic E-state index is 14.4. The smallest absolute Gasteiger partial charge is 0.145 e. The molecule has 0 fully saturated rings. The highest BCUT2D eigenvalue weighted by atomic mass is 19.1. The van der Waals surface area contributed by atoms with Crippen molar-refractivity contribution in [3.63, 3.8) is 0 Å². The average molecular weight is 481 g/mol. The Hall–Kier alpha value is -3.13. The summed E-state index contributed by atoms with van der Waals surface area (Å²) in [7, 11) is 0. The number of aliphatic hydroxyl groups excluding tert-OH is 1. The minimum atomic E-state index is -0.791. The van der Waals surface area contributed by atoms with Gasteiger partial charge >= 0.3 is 0 Å². The van der Waals surface area contributed by atoms with E-state index >= 15 is 0 Å². The van der Waals surface area contributed by atoms with Crippen LogP contribution in [0.15, 0.2) is 78.0 Å². The molecule has 184 valence electrons. The summed E-state index contributed by atoms with van der Waals surface area (Å²) >= 11 is 0. The number of aliphatic hydroxyl groups is 1. The van der Waals surface area contributed by atoms with Crippen molar-refractivity contribution in [2.75, 3.05) is 19.7 Å². The maximum Gasteiger partial charge on any atom is 0.145 e. The summed E-state index contributed by atoms with van der Waals surface area (Å²) in [4.78, 5) is 7.59. The Morgan fingerprint density at radius 2 is 1.86 bits per heavy atom. The molecule has 1 N–H and O–H groups in total. The Labute approximate surface area is 204 Å². The van der Waals surface area contributed by atoms with Crippen LogP contribution in [0.4, 0.5) is 8.78 Å². The van der Waals surface area contributed by atoms with E-state index in [1.165, 1.54) is 12.1 Å². The molecule has 1 aliphatic heterocycles. The fraction of sp³-hybridized carbons (Fsp3) is 0.321. The minimum Gasteiger partial charge on any atom is -0.390 e. The minimum absolute atomic E-state index is 0.133. The number of rotatable bonds is 11. The normalized spacial score (nSPS) is 16.3. The van der Waals surface area contributed by atoms with Crippen LogP contribution in [0, 0.1) is 18.6 Å². The topological polar surface area (TPSA) is 54.3 Å². The first-order valence-electron chi connectivity index (χ1n) is 11.7. The zero-order chi connectivity index (χ0) is 24.6. The lowest BCUT2D eigenvalue weighted by molar-refractivity contribution is -0.00671. The summed E-state index contributed by atoms with van der Waals surface area (Å²) in [5, 5.41) is 14.9. The predicted octanol–water partition coefficient (Wildman–Crippen LogP) is 4.85. The van der Waals surface area contributed by atoms with Crippen molar-refractivity contribution in [1.82, 2.24) is 4.90 Å². The van der Waals surface area contributed by atoms with Gasteiger partial charge in [-0.15, -0.1) is 0 Å². The van der Waals surface area contributed by atoms with Gasteiger partial charge in [0, 0.05) is 43.2 Å². The first-order chi connectivity index (χ1) is 17.0. The molecule has 7 heteroatoms. The second-order valence-electron chi connectivity index (χ2n) is 8.87. The van der Waals surface area contributed by atoms with Crippen LogP contribution in [-0.2, 0) is 22.7 Å². The SMILES string of the molecule is Cc1ccccc1C1=NO[C@H](CN(Cc2ccc(F)cc2F)C[C@@H](O)COCc2ccccc2)C1. The maximum atomic E-state index is 14.4. The predicted molar refractivity (Wildman–Crippen MR) is 131 cm³/mol. The van der Waals surface area contributed by atoms with E-state index in [1.807, 2.05) is 66.4 Å². The molecule has 0 spiro atoms. The van der Waals surface area contributed by atoms with Gasteiger partial charge in [-0.1, -0.05) is 65.8 Å². The number of ether oxygens (including phenoxy) is 1. The van der Waals surface area contributed by atoms with Gasteiger partial charge in [0.2, 0.25) is 0 Å². The van der Waals surface area contributed by atoms with E-state index in [0.717, 1.165) is 28.5 Å². The summed E-state index contributed by atoms with van der Waals surface area (Å²) in [5.74, 6) is -1.24. The fourth-order valence-corrected chi connectivity index (χ4v) is 4.20. The van der Waals surface area contributed by atoms with Gasteiger partial charge in [0.1, 0.15) is 17.7 Å². The Morgan fingerprint density at radius 1 is 1.09 bits per heavy atom. The van der Waals surface area contributed by atoms with Crippen molar-refractivity contribution in [2.24, 2.45) is 5.16 Å². The Balaban J connectivity index is 1.38. The molecule has 5 nitrogen and oxygen atoms in total. The summed E-state index contributed by atoms with van der Waals surface area (Å²) < 4.78 is 33.4. The summed E-state index contributed by atoms with van der Waals surface area (Å²) in [6.45, 7) is 3.41. The number of aryl methyl sites for hydroxylation is 1. The number of hydrogen-bond donors (Lipinski definition) is 1. The molecule has 0 bridgehead atoms. The van der Waals surface area contributed by atoms with Gasteiger partial charge in [-0.2, -0.15) is 0 Å². The van der Waals surface area contributed by atoms with Crippen LogP contribution in [-0.4, -0.2) is 47.6 Å². The largest absolute Gasteiger partial charge is 0.390 e. The van der Waals surface area contributed by atoms with Crippen LogP contribution in [0.1, 0.15) is 28.7 Å². The molecule has 0 saturated heterocycles. The lowest BCUT2D eigenvalue weighted by Crippen LogP contribution is -2.39. The zero-order valence-corrected chi connectivity index (χ0v) is 19.7. The van der Waals surface area contributed by atoms with Crippen molar-refractivity contribution in [3.05, 3.63) is 107 Å². The van der Waals surface area contributed by atoms with Gasteiger partial charge in [0.15, 0.2) is 0 Å². The van der Waals surface area contributed by atoms with E-state index in [0.29, 0.717) is 25.1 Å².